The van der Waals surface area contributed by atoms with E-state index in [0.717, 1.165) is 11.4 Å². The van der Waals surface area contributed by atoms with Gasteiger partial charge in [-0.25, -0.2) is 0 Å². The van der Waals surface area contributed by atoms with E-state index in [-0.39, 0.29) is 30.7 Å². The Morgan fingerprint density at radius 2 is 2.00 bits per heavy atom. The molecule has 2 rings (SSSR count). The number of anilines is 2. The van der Waals surface area contributed by atoms with Crippen LogP contribution in [0.15, 0.2) is 18.2 Å². The molecule has 108 valence electrons. The van der Waals surface area contributed by atoms with Crippen molar-refractivity contribution in [2.75, 3.05) is 17.2 Å². The summed E-state index contributed by atoms with van der Waals surface area (Å²) in [6.07, 6.45) is 2.67. The van der Waals surface area contributed by atoms with Crippen LogP contribution in [0.2, 0.25) is 5.02 Å². The molecule has 0 atom stereocenters. The molecular weight excluding hydrogens is 309 g/mol. The molecule has 0 radical (unpaired) electrons. The smallest absolute Gasteiger partial charge is 0.225 e. The second-order valence-corrected chi connectivity index (χ2v) is 4.63. The van der Waals surface area contributed by atoms with Crippen LogP contribution < -0.4 is 16.4 Å². The normalized spacial score (nSPS) is 12.9. The zero-order chi connectivity index (χ0) is 12.3. The maximum atomic E-state index is 11.5. The number of carbonyl (C=O) groups is 1. The molecule has 4 nitrogen and oxygen atoms in total. The van der Waals surface area contributed by atoms with Gasteiger partial charge in [0.1, 0.15) is 0 Å². The molecule has 19 heavy (non-hydrogen) atoms. The minimum atomic E-state index is -0.0892. The average molecular weight is 327 g/mol. The van der Waals surface area contributed by atoms with Gasteiger partial charge >= 0.3 is 0 Å². The van der Waals surface area contributed by atoms with Gasteiger partial charge in [-0.1, -0.05) is 11.6 Å². The highest BCUT2D eigenvalue weighted by Gasteiger charge is 2.22. The monoisotopic (exact) mass is 325 g/mol. The van der Waals surface area contributed by atoms with Crippen LogP contribution in [0, 0.1) is 0 Å². The topological polar surface area (TPSA) is 67.2 Å². The molecule has 4 N–H and O–H groups in total. The summed E-state index contributed by atoms with van der Waals surface area (Å²) in [7, 11) is 0. The predicted octanol–water partition coefficient (Wildman–Crippen LogP) is 3.05. The van der Waals surface area contributed by atoms with Gasteiger partial charge in [-0.2, -0.15) is 0 Å². The van der Waals surface area contributed by atoms with Crippen LogP contribution in [-0.4, -0.2) is 18.5 Å². The maximum absolute atomic E-state index is 11.5. The largest absolute Gasteiger partial charge is 0.381 e. The van der Waals surface area contributed by atoms with Crippen molar-refractivity contribution in [3.63, 3.8) is 0 Å². The summed E-state index contributed by atoms with van der Waals surface area (Å²) in [5.41, 5.74) is 6.98. The molecule has 0 spiro atoms. The maximum Gasteiger partial charge on any atom is 0.225 e. The fourth-order valence-electron chi connectivity index (χ4n) is 1.54. The van der Waals surface area contributed by atoms with Crippen molar-refractivity contribution in [3.05, 3.63) is 23.2 Å². The fraction of sp³-hybridized carbons (Fsp3) is 0.417. The number of amides is 1. The molecule has 1 aliphatic rings. The highest BCUT2D eigenvalue weighted by atomic mass is 35.5. The van der Waals surface area contributed by atoms with Gasteiger partial charge in [0.2, 0.25) is 5.91 Å². The third-order valence-corrected chi connectivity index (χ3v) is 2.80. The molecule has 0 heterocycles. The molecule has 0 aromatic heterocycles. The molecule has 0 saturated heterocycles. The lowest BCUT2D eigenvalue weighted by molar-refractivity contribution is -0.116. The summed E-state index contributed by atoms with van der Waals surface area (Å²) < 4.78 is 0. The van der Waals surface area contributed by atoms with Crippen molar-refractivity contribution in [2.24, 2.45) is 5.73 Å². The Morgan fingerprint density at radius 1 is 1.32 bits per heavy atom. The summed E-state index contributed by atoms with van der Waals surface area (Å²) in [4.78, 5) is 11.5. The van der Waals surface area contributed by atoms with Crippen LogP contribution in [-0.2, 0) is 4.79 Å². The van der Waals surface area contributed by atoms with E-state index in [1.54, 1.807) is 6.07 Å². The summed E-state index contributed by atoms with van der Waals surface area (Å²) in [5.74, 6) is -0.0892. The molecule has 0 unspecified atom stereocenters. The van der Waals surface area contributed by atoms with Crippen LogP contribution in [0.25, 0.3) is 0 Å². The van der Waals surface area contributed by atoms with E-state index in [9.17, 15) is 4.79 Å². The van der Waals surface area contributed by atoms with E-state index >= 15 is 0 Å². The molecule has 1 aliphatic carbocycles. The number of rotatable bonds is 5. The van der Waals surface area contributed by atoms with Gasteiger partial charge in [0, 0.05) is 24.0 Å². The number of hydrogen-bond donors (Lipinski definition) is 3. The Labute approximate surface area is 130 Å². The van der Waals surface area contributed by atoms with Crippen molar-refractivity contribution in [1.82, 2.24) is 0 Å². The SMILES string of the molecule is Cl.Cl.NCCC(=O)Nc1cc(Cl)ccc1NC1CC1. The molecule has 1 aromatic rings. The van der Waals surface area contributed by atoms with Crippen molar-refractivity contribution >= 4 is 53.7 Å². The Bertz CT molecular complexity index is 425. The highest BCUT2D eigenvalue weighted by Crippen LogP contribution is 2.31. The lowest BCUT2D eigenvalue weighted by Gasteiger charge is -2.12. The minimum absolute atomic E-state index is 0. The van der Waals surface area contributed by atoms with Crippen LogP contribution >= 0.6 is 36.4 Å². The Morgan fingerprint density at radius 3 is 2.58 bits per heavy atom. The quantitative estimate of drug-likeness (QED) is 0.779. The zero-order valence-electron chi connectivity index (χ0n) is 10.3. The first-order chi connectivity index (χ1) is 8.19. The minimum Gasteiger partial charge on any atom is -0.381 e. The van der Waals surface area contributed by atoms with Gasteiger partial charge in [-0.3, -0.25) is 4.79 Å². The van der Waals surface area contributed by atoms with E-state index < -0.39 is 0 Å². The number of carbonyl (C=O) groups excluding carboxylic acids is 1. The summed E-state index contributed by atoms with van der Waals surface area (Å²) in [6.45, 7) is 0.345. The van der Waals surface area contributed by atoms with Crippen LogP contribution in [0.5, 0.6) is 0 Å². The van der Waals surface area contributed by atoms with Gasteiger partial charge in [0.15, 0.2) is 0 Å². The summed E-state index contributed by atoms with van der Waals surface area (Å²) >= 11 is 5.93. The van der Waals surface area contributed by atoms with Gasteiger partial charge in [0.25, 0.3) is 0 Å². The third-order valence-electron chi connectivity index (χ3n) is 2.56. The summed E-state index contributed by atoms with van der Waals surface area (Å²) in [5, 5.41) is 6.78. The molecule has 0 bridgehead atoms. The van der Waals surface area contributed by atoms with Gasteiger partial charge in [0.05, 0.1) is 11.4 Å². The number of nitrogens with two attached hydrogens (primary N) is 1. The van der Waals surface area contributed by atoms with Crippen molar-refractivity contribution < 1.29 is 4.79 Å². The molecule has 0 aliphatic heterocycles. The number of halogens is 3. The van der Waals surface area contributed by atoms with E-state index in [4.69, 9.17) is 17.3 Å². The van der Waals surface area contributed by atoms with Crippen molar-refractivity contribution in [3.8, 4) is 0 Å². The Balaban J connectivity index is 0.00000162. The van der Waals surface area contributed by atoms with Gasteiger partial charge in [-0.15, -0.1) is 24.8 Å². The third kappa shape index (κ3) is 5.87. The second-order valence-electron chi connectivity index (χ2n) is 4.20. The first kappa shape index (κ1) is 18.3. The number of nitrogens with one attached hydrogen (secondary N) is 2. The van der Waals surface area contributed by atoms with Crippen molar-refractivity contribution in [1.29, 1.82) is 0 Å². The molecular formula is C12H18Cl3N3O. The molecule has 1 fully saturated rings. The number of hydrogen-bond acceptors (Lipinski definition) is 3. The molecule has 1 aromatic carbocycles. The molecule has 1 saturated carbocycles. The highest BCUT2D eigenvalue weighted by molar-refractivity contribution is 6.31. The average Bonchev–Trinajstić information content (AvgIpc) is 3.06. The first-order valence-corrected chi connectivity index (χ1v) is 6.13. The van der Waals surface area contributed by atoms with E-state index in [2.05, 4.69) is 10.6 Å². The second kappa shape index (κ2) is 8.48. The van der Waals surface area contributed by atoms with Crippen molar-refractivity contribution in [2.45, 2.75) is 25.3 Å². The van der Waals surface area contributed by atoms with Crippen LogP contribution in [0.4, 0.5) is 11.4 Å². The van der Waals surface area contributed by atoms with Crippen LogP contribution in [0.1, 0.15) is 19.3 Å². The predicted molar refractivity (Wildman–Crippen MR) is 84.9 cm³/mol. The fourth-order valence-corrected chi connectivity index (χ4v) is 1.71. The van der Waals surface area contributed by atoms with E-state index in [0.29, 0.717) is 24.0 Å². The van der Waals surface area contributed by atoms with Gasteiger partial charge < -0.3 is 16.4 Å². The zero-order valence-corrected chi connectivity index (χ0v) is 12.7. The lowest BCUT2D eigenvalue weighted by atomic mass is 10.2. The van der Waals surface area contributed by atoms with Gasteiger partial charge in [-0.05, 0) is 31.0 Å². The van der Waals surface area contributed by atoms with E-state index in [1.165, 1.54) is 12.8 Å². The lowest BCUT2D eigenvalue weighted by Crippen LogP contribution is -2.17. The summed E-state index contributed by atoms with van der Waals surface area (Å²) in [6, 6.07) is 5.98. The molecule has 7 heteroatoms. The Hall–Kier alpha value is -0.680. The molecule has 1 amide bonds. The standard InChI is InChI=1S/C12H16ClN3O.2ClH/c13-8-1-4-10(15-9-2-3-9)11(7-8)16-12(17)5-6-14;;/h1,4,7,9,15H,2-3,5-6,14H2,(H,16,17);2*1H. The van der Waals surface area contributed by atoms with Crippen LogP contribution in [0.3, 0.4) is 0 Å². The van der Waals surface area contributed by atoms with E-state index in [1.807, 2.05) is 12.1 Å². The number of benzene rings is 1. The Kier molecular flexibility index (Phi) is 8.18. The first-order valence-electron chi connectivity index (χ1n) is 5.75.